The van der Waals surface area contributed by atoms with Gasteiger partial charge in [-0.25, -0.2) is 0 Å². The van der Waals surface area contributed by atoms with Gasteiger partial charge in [-0.2, -0.15) is 0 Å². The van der Waals surface area contributed by atoms with Crippen molar-refractivity contribution in [1.29, 1.82) is 0 Å². The Morgan fingerprint density at radius 2 is 2.20 bits per heavy atom. The minimum absolute atomic E-state index is 0.0663. The van der Waals surface area contributed by atoms with Crippen LogP contribution in [-0.4, -0.2) is 37.0 Å². The largest absolute Gasteiger partial charge is 0.341 e. The lowest BCUT2D eigenvalue weighted by atomic mass is 10.1. The van der Waals surface area contributed by atoms with E-state index in [-0.39, 0.29) is 17.7 Å². The molecule has 1 heterocycles. The highest BCUT2D eigenvalue weighted by Crippen LogP contribution is 2.51. The summed E-state index contributed by atoms with van der Waals surface area (Å²) >= 11 is 12.3. The average molecular weight is 313 g/mol. The molecule has 0 bridgehead atoms. The van der Waals surface area contributed by atoms with Crippen LogP contribution >= 0.6 is 23.2 Å². The van der Waals surface area contributed by atoms with Gasteiger partial charge in [-0.3, -0.25) is 4.79 Å². The van der Waals surface area contributed by atoms with E-state index in [4.69, 9.17) is 23.2 Å². The summed E-state index contributed by atoms with van der Waals surface area (Å²) in [6.45, 7) is 1.90. The molecule has 2 aliphatic rings. The van der Waals surface area contributed by atoms with Crippen molar-refractivity contribution in [2.45, 2.75) is 24.8 Å². The second kappa shape index (κ2) is 5.55. The Kier molecular flexibility index (Phi) is 3.93. The van der Waals surface area contributed by atoms with Crippen LogP contribution in [0.3, 0.4) is 0 Å². The van der Waals surface area contributed by atoms with E-state index >= 15 is 0 Å². The van der Waals surface area contributed by atoms with Crippen LogP contribution in [0.1, 0.15) is 24.3 Å². The number of likely N-dealkylation sites (N-methyl/N-ethyl adjacent to an activating group) is 1. The highest BCUT2D eigenvalue weighted by Gasteiger charge is 2.47. The summed E-state index contributed by atoms with van der Waals surface area (Å²) in [5, 5.41) is 4.46. The van der Waals surface area contributed by atoms with Gasteiger partial charge >= 0.3 is 0 Å². The Balaban J connectivity index is 1.69. The molecule has 1 saturated heterocycles. The van der Waals surface area contributed by atoms with Crippen molar-refractivity contribution in [1.82, 2.24) is 10.2 Å². The number of hydrogen-bond donors (Lipinski definition) is 1. The normalized spacial score (nSPS) is 28.4. The summed E-state index contributed by atoms with van der Waals surface area (Å²) in [5.41, 5.74) is 1.01. The van der Waals surface area contributed by atoms with Crippen molar-refractivity contribution in [3.05, 3.63) is 33.8 Å². The number of hydrogen-bond acceptors (Lipinski definition) is 2. The first-order valence-electron chi connectivity index (χ1n) is 7.01. The third-order valence-corrected chi connectivity index (χ3v) is 5.25. The van der Waals surface area contributed by atoms with Gasteiger partial charge in [0, 0.05) is 25.6 Å². The summed E-state index contributed by atoms with van der Waals surface area (Å²) in [6, 6.07) is 5.99. The zero-order valence-electron chi connectivity index (χ0n) is 11.4. The first-order valence-corrected chi connectivity index (χ1v) is 7.76. The molecule has 108 valence electrons. The number of halogens is 2. The molecule has 0 aromatic heterocycles. The average Bonchev–Trinajstić information content (AvgIpc) is 3.04. The molecule has 1 N–H and O–H groups in total. The molecule has 1 aromatic rings. The highest BCUT2D eigenvalue weighted by atomic mass is 35.5. The van der Waals surface area contributed by atoms with E-state index in [0.29, 0.717) is 16.1 Å². The Hall–Kier alpha value is -0.770. The van der Waals surface area contributed by atoms with E-state index in [1.807, 2.05) is 24.1 Å². The molecule has 0 radical (unpaired) electrons. The standard InChI is InChI=1S/C15H18Cl2N2O/c1-19(9-5-6-18-8-9)15(20)12-7-11(12)10-3-2-4-13(16)14(10)17/h2-4,9,11-12,18H,5-8H2,1H3/t9-,11-,12+/m0/s1. The van der Waals surface area contributed by atoms with Gasteiger partial charge in [0.15, 0.2) is 0 Å². The number of carbonyl (C=O) groups is 1. The predicted octanol–water partition coefficient (Wildman–Crippen LogP) is 2.92. The molecule has 2 fully saturated rings. The third kappa shape index (κ3) is 2.54. The van der Waals surface area contributed by atoms with Crippen molar-refractivity contribution in [2.24, 2.45) is 5.92 Å². The van der Waals surface area contributed by atoms with Crippen molar-refractivity contribution in [3.8, 4) is 0 Å². The molecule has 3 rings (SSSR count). The molecular formula is C15H18Cl2N2O. The minimum Gasteiger partial charge on any atom is -0.341 e. The lowest BCUT2D eigenvalue weighted by molar-refractivity contribution is -0.133. The maximum Gasteiger partial charge on any atom is 0.226 e. The van der Waals surface area contributed by atoms with Gasteiger partial charge in [-0.1, -0.05) is 35.3 Å². The smallest absolute Gasteiger partial charge is 0.226 e. The zero-order chi connectivity index (χ0) is 14.3. The quantitative estimate of drug-likeness (QED) is 0.930. The van der Waals surface area contributed by atoms with E-state index in [2.05, 4.69) is 5.32 Å². The van der Waals surface area contributed by atoms with Crippen LogP contribution in [0.25, 0.3) is 0 Å². The molecule has 0 unspecified atom stereocenters. The van der Waals surface area contributed by atoms with Crippen molar-refractivity contribution >= 4 is 29.1 Å². The lowest BCUT2D eigenvalue weighted by Gasteiger charge is -2.24. The Morgan fingerprint density at radius 3 is 2.90 bits per heavy atom. The lowest BCUT2D eigenvalue weighted by Crippen LogP contribution is -2.39. The van der Waals surface area contributed by atoms with Crippen LogP contribution in [-0.2, 0) is 4.79 Å². The predicted molar refractivity (Wildman–Crippen MR) is 81.4 cm³/mol. The first kappa shape index (κ1) is 14.2. The van der Waals surface area contributed by atoms with E-state index in [1.165, 1.54) is 0 Å². The van der Waals surface area contributed by atoms with Gasteiger partial charge in [0.1, 0.15) is 0 Å². The number of benzene rings is 1. The number of nitrogens with zero attached hydrogens (tertiary/aromatic N) is 1. The van der Waals surface area contributed by atoms with E-state index in [0.717, 1.165) is 31.5 Å². The van der Waals surface area contributed by atoms with Gasteiger partial charge in [-0.15, -0.1) is 0 Å². The highest BCUT2D eigenvalue weighted by molar-refractivity contribution is 6.42. The third-order valence-electron chi connectivity index (χ3n) is 4.42. The zero-order valence-corrected chi connectivity index (χ0v) is 12.9. The monoisotopic (exact) mass is 312 g/mol. The molecule has 3 atom stereocenters. The first-order chi connectivity index (χ1) is 9.59. The van der Waals surface area contributed by atoms with Crippen LogP contribution in [0.5, 0.6) is 0 Å². The fraction of sp³-hybridized carbons (Fsp3) is 0.533. The number of nitrogens with one attached hydrogen (secondary N) is 1. The van der Waals surface area contributed by atoms with Gasteiger partial charge in [0.2, 0.25) is 5.91 Å². The number of carbonyl (C=O) groups excluding carboxylic acids is 1. The molecule has 1 aromatic carbocycles. The Morgan fingerprint density at radius 1 is 1.40 bits per heavy atom. The van der Waals surface area contributed by atoms with E-state index in [9.17, 15) is 4.79 Å². The van der Waals surface area contributed by atoms with Crippen LogP contribution in [0.15, 0.2) is 18.2 Å². The second-order valence-corrected chi connectivity index (χ2v) is 6.47. The maximum absolute atomic E-state index is 12.5. The molecule has 3 nitrogen and oxygen atoms in total. The summed E-state index contributed by atoms with van der Waals surface area (Å²) in [5.74, 6) is 0.529. The summed E-state index contributed by atoms with van der Waals surface area (Å²) in [4.78, 5) is 14.4. The van der Waals surface area contributed by atoms with Crippen LogP contribution in [0.2, 0.25) is 10.0 Å². The minimum atomic E-state index is 0.0663. The van der Waals surface area contributed by atoms with Gasteiger partial charge in [0.05, 0.1) is 10.0 Å². The van der Waals surface area contributed by atoms with Gasteiger partial charge in [-0.05, 0) is 36.9 Å². The molecule has 1 amide bonds. The molecule has 20 heavy (non-hydrogen) atoms. The maximum atomic E-state index is 12.5. The van der Waals surface area contributed by atoms with Gasteiger partial charge < -0.3 is 10.2 Å². The fourth-order valence-corrected chi connectivity index (χ4v) is 3.48. The molecule has 1 saturated carbocycles. The van der Waals surface area contributed by atoms with E-state index in [1.54, 1.807) is 6.07 Å². The topological polar surface area (TPSA) is 32.3 Å². The van der Waals surface area contributed by atoms with Crippen molar-refractivity contribution in [3.63, 3.8) is 0 Å². The number of amides is 1. The van der Waals surface area contributed by atoms with Crippen molar-refractivity contribution in [2.75, 3.05) is 20.1 Å². The molecule has 0 spiro atoms. The second-order valence-electron chi connectivity index (χ2n) is 5.69. The van der Waals surface area contributed by atoms with Gasteiger partial charge in [0.25, 0.3) is 0 Å². The molecule has 5 heteroatoms. The fourth-order valence-electron chi connectivity index (χ4n) is 3.03. The Labute approximate surface area is 129 Å². The summed E-state index contributed by atoms with van der Waals surface area (Å²) in [6.07, 6.45) is 1.92. The van der Waals surface area contributed by atoms with E-state index < -0.39 is 0 Å². The summed E-state index contributed by atoms with van der Waals surface area (Å²) < 4.78 is 0. The van der Waals surface area contributed by atoms with Crippen molar-refractivity contribution < 1.29 is 4.79 Å². The Bertz CT molecular complexity index is 529. The molecule has 1 aliphatic heterocycles. The number of rotatable bonds is 3. The van der Waals surface area contributed by atoms with Crippen LogP contribution in [0.4, 0.5) is 0 Å². The van der Waals surface area contributed by atoms with Crippen LogP contribution < -0.4 is 5.32 Å². The summed E-state index contributed by atoms with van der Waals surface area (Å²) in [7, 11) is 1.91. The molecular weight excluding hydrogens is 295 g/mol. The van der Waals surface area contributed by atoms with Crippen LogP contribution in [0, 0.1) is 5.92 Å². The molecule has 1 aliphatic carbocycles. The SMILES string of the molecule is CN(C(=O)[C@@H]1C[C@H]1c1cccc(Cl)c1Cl)[C@H]1CCNC1.